The van der Waals surface area contributed by atoms with Gasteiger partial charge in [0.05, 0.1) is 11.1 Å². The van der Waals surface area contributed by atoms with Crippen LogP contribution in [0.25, 0.3) is 0 Å². The van der Waals surface area contributed by atoms with Crippen molar-refractivity contribution in [2.24, 2.45) is 0 Å². The maximum absolute atomic E-state index is 11.8. The lowest BCUT2D eigenvalue weighted by Gasteiger charge is -2.05. The van der Waals surface area contributed by atoms with Gasteiger partial charge in [0, 0.05) is 17.2 Å². The lowest BCUT2D eigenvalue weighted by atomic mass is 10.2. The minimum Gasteiger partial charge on any atom is -0.266 e. The summed E-state index contributed by atoms with van der Waals surface area (Å²) >= 11 is 0. The molecule has 1 aromatic heterocycles. The lowest BCUT2D eigenvalue weighted by Crippen LogP contribution is -2.26. The molecule has 1 heterocycles. The Morgan fingerprint density at radius 1 is 1.10 bits per heavy atom. The van der Waals surface area contributed by atoms with Gasteiger partial charge in [-0.15, -0.1) is 0 Å². The number of benzene rings is 1. The van der Waals surface area contributed by atoms with E-state index in [2.05, 4.69) is 14.9 Å². The van der Waals surface area contributed by atoms with Gasteiger partial charge in [-0.2, -0.15) is 5.10 Å². The molecule has 0 aliphatic carbocycles. The highest BCUT2D eigenvalue weighted by atomic mass is 35.7. The van der Waals surface area contributed by atoms with Gasteiger partial charge < -0.3 is 0 Å². The maximum Gasteiger partial charge on any atom is 0.261 e. The van der Waals surface area contributed by atoms with E-state index < -0.39 is 19.1 Å². The van der Waals surface area contributed by atoms with Crippen molar-refractivity contribution in [3.63, 3.8) is 0 Å². The summed E-state index contributed by atoms with van der Waals surface area (Å²) < 4.78 is 48.2. The molecule has 0 spiro atoms. The Morgan fingerprint density at radius 3 is 2.29 bits per heavy atom. The van der Waals surface area contributed by atoms with Crippen LogP contribution in [-0.4, -0.2) is 33.6 Å². The highest BCUT2D eigenvalue weighted by Crippen LogP contribution is 2.15. The Bertz CT molecular complexity index is 800. The molecule has 1 aromatic carbocycles. The van der Waals surface area contributed by atoms with Crippen molar-refractivity contribution in [3.05, 3.63) is 42.1 Å². The molecule has 0 saturated carbocycles. The average Bonchev–Trinajstić information content (AvgIpc) is 2.92. The summed E-state index contributed by atoms with van der Waals surface area (Å²) in [7, 11) is -2.14. The zero-order valence-corrected chi connectivity index (χ0v) is 13.0. The van der Waals surface area contributed by atoms with Gasteiger partial charge in [-0.05, 0) is 30.2 Å². The van der Waals surface area contributed by atoms with Crippen molar-refractivity contribution >= 4 is 29.8 Å². The molecule has 7 nitrogen and oxygen atoms in total. The van der Waals surface area contributed by atoms with Gasteiger partial charge in [-0.1, -0.05) is 12.1 Å². The van der Waals surface area contributed by atoms with Crippen LogP contribution in [0, 0.1) is 0 Å². The number of aromatic amines is 1. The van der Waals surface area contributed by atoms with Crippen molar-refractivity contribution in [2.75, 3.05) is 6.54 Å². The molecule has 0 fully saturated rings. The molecule has 0 amide bonds. The standard InChI is InChI=1S/C11H12ClN3O4S2/c12-20(16,17)10-3-1-9(2-4-10)5-8-14-21(18,19)11-6-7-13-15-11/h1-4,6-7,14H,5,8H2,(H,13,15). The fourth-order valence-corrected chi connectivity index (χ4v) is 3.33. The zero-order chi connectivity index (χ0) is 15.5. The van der Waals surface area contributed by atoms with Crippen LogP contribution < -0.4 is 4.72 Å². The third-order valence-electron chi connectivity index (χ3n) is 2.68. The van der Waals surface area contributed by atoms with Crippen LogP contribution in [0.2, 0.25) is 0 Å². The summed E-state index contributed by atoms with van der Waals surface area (Å²) in [6, 6.07) is 7.27. The van der Waals surface area contributed by atoms with Gasteiger partial charge in [-0.3, -0.25) is 5.10 Å². The first kappa shape index (κ1) is 16.0. The molecule has 0 aliphatic rings. The molecule has 0 saturated heterocycles. The van der Waals surface area contributed by atoms with Crippen molar-refractivity contribution in [1.29, 1.82) is 0 Å². The van der Waals surface area contributed by atoms with Gasteiger partial charge >= 0.3 is 0 Å². The van der Waals surface area contributed by atoms with Crippen LogP contribution >= 0.6 is 10.7 Å². The van der Waals surface area contributed by atoms with E-state index in [1.54, 1.807) is 12.1 Å². The summed E-state index contributed by atoms with van der Waals surface area (Å²) in [4.78, 5) is 0.00552. The van der Waals surface area contributed by atoms with Gasteiger partial charge in [-0.25, -0.2) is 21.6 Å². The highest BCUT2D eigenvalue weighted by molar-refractivity contribution is 8.13. The highest BCUT2D eigenvalue weighted by Gasteiger charge is 2.14. The number of aromatic nitrogens is 2. The largest absolute Gasteiger partial charge is 0.266 e. The van der Waals surface area contributed by atoms with E-state index in [1.807, 2.05) is 0 Å². The molecule has 2 N–H and O–H groups in total. The normalized spacial score (nSPS) is 12.4. The summed E-state index contributed by atoms with van der Waals surface area (Å²) in [5.74, 6) is 0. The third-order valence-corrected chi connectivity index (χ3v) is 5.44. The second-order valence-electron chi connectivity index (χ2n) is 4.15. The molecule has 0 bridgehead atoms. The van der Waals surface area contributed by atoms with Gasteiger partial charge in [0.15, 0.2) is 5.03 Å². The van der Waals surface area contributed by atoms with E-state index >= 15 is 0 Å². The lowest BCUT2D eigenvalue weighted by molar-refractivity contribution is 0.577. The van der Waals surface area contributed by atoms with Crippen molar-refractivity contribution in [1.82, 2.24) is 14.9 Å². The predicted octanol–water partition coefficient (Wildman–Crippen LogP) is 0.858. The number of hydrogen-bond acceptors (Lipinski definition) is 5. The third kappa shape index (κ3) is 4.27. The minimum absolute atomic E-state index is 0.00552. The average molecular weight is 350 g/mol. The fourth-order valence-electron chi connectivity index (χ4n) is 1.62. The summed E-state index contributed by atoms with van der Waals surface area (Å²) in [5.41, 5.74) is 0.784. The Morgan fingerprint density at radius 2 is 1.76 bits per heavy atom. The maximum atomic E-state index is 11.8. The van der Waals surface area contributed by atoms with E-state index in [0.29, 0.717) is 6.42 Å². The SMILES string of the molecule is O=S(=O)(Cl)c1ccc(CCNS(=O)(=O)c2ccn[nH]2)cc1. The smallest absolute Gasteiger partial charge is 0.261 e. The number of rotatable bonds is 6. The van der Waals surface area contributed by atoms with E-state index in [9.17, 15) is 16.8 Å². The molecule has 0 atom stereocenters. The molecule has 2 aromatic rings. The molecule has 21 heavy (non-hydrogen) atoms. The summed E-state index contributed by atoms with van der Waals surface area (Å²) in [5, 5.41) is 5.93. The first-order chi connectivity index (χ1) is 9.79. The number of nitrogens with one attached hydrogen (secondary N) is 2. The Hall–Kier alpha value is -1.42. The van der Waals surface area contributed by atoms with Crippen molar-refractivity contribution < 1.29 is 16.8 Å². The molecule has 0 aliphatic heterocycles. The summed E-state index contributed by atoms with van der Waals surface area (Å²) in [6.07, 6.45) is 1.76. The first-order valence-corrected chi connectivity index (χ1v) is 9.61. The van der Waals surface area contributed by atoms with E-state index in [0.717, 1.165) is 5.56 Å². The number of sulfonamides is 1. The number of halogens is 1. The molecule has 0 unspecified atom stereocenters. The van der Waals surface area contributed by atoms with Gasteiger partial charge in [0.25, 0.3) is 19.1 Å². The molecule has 0 radical (unpaired) electrons. The van der Waals surface area contributed by atoms with E-state index in [4.69, 9.17) is 10.7 Å². The van der Waals surface area contributed by atoms with Crippen LogP contribution in [0.3, 0.4) is 0 Å². The van der Waals surface area contributed by atoms with Gasteiger partial charge in [0.2, 0.25) is 0 Å². The summed E-state index contributed by atoms with van der Waals surface area (Å²) in [6.45, 7) is 0.175. The van der Waals surface area contributed by atoms with E-state index in [1.165, 1.54) is 24.4 Å². The van der Waals surface area contributed by atoms with Crippen molar-refractivity contribution in [3.8, 4) is 0 Å². The van der Waals surface area contributed by atoms with Crippen LogP contribution in [0.5, 0.6) is 0 Å². The molecule has 2 rings (SSSR count). The van der Waals surface area contributed by atoms with E-state index in [-0.39, 0.29) is 16.5 Å². The second-order valence-corrected chi connectivity index (χ2v) is 8.45. The quantitative estimate of drug-likeness (QED) is 0.752. The number of H-pyrrole nitrogens is 1. The Balaban J connectivity index is 1.95. The molecular formula is C11H12ClN3O4S2. The molecule has 114 valence electrons. The van der Waals surface area contributed by atoms with Crippen molar-refractivity contribution in [2.45, 2.75) is 16.3 Å². The second kappa shape index (κ2) is 6.14. The predicted molar refractivity (Wildman–Crippen MR) is 77.0 cm³/mol. The molecular weight excluding hydrogens is 338 g/mol. The number of hydrogen-bond donors (Lipinski definition) is 2. The zero-order valence-electron chi connectivity index (χ0n) is 10.7. The van der Waals surface area contributed by atoms with Crippen LogP contribution in [-0.2, 0) is 25.5 Å². The molecule has 10 heteroatoms. The topological polar surface area (TPSA) is 109 Å². The monoisotopic (exact) mass is 349 g/mol. The van der Waals surface area contributed by atoms with Crippen LogP contribution in [0.4, 0.5) is 0 Å². The van der Waals surface area contributed by atoms with Gasteiger partial charge in [0.1, 0.15) is 0 Å². The first-order valence-electron chi connectivity index (χ1n) is 5.82. The minimum atomic E-state index is -3.74. The van der Waals surface area contributed by atoms with Crippen LogP contribution in [0.1, 0.15) is 5.56 Å². The Kier molecular flexibility index (Phi) is 4.67. The Labute approximate surface area is 126 Å². The fraction of sp³-hybridized carbons (Fsp3) is 0.182. The van der Waals surface area contributed by atoms with Crippen LogP contribution in [0.15, 0.2) is 46.5 Å². The number of nitrogens with zero attached hydrogens (tertiary/aromatic N) is 1.